The summed E-state index contributed by atoms with van der Waals surface area (Å²) < 4.78 is 5.43. The molecule has 0 aliphatic carbocycles. The molecule has 19 heavy (non-hydrogen) atoms. The molecule has 0 bridgehead atoms. The molecule has 4 N–H and O–H groups in total. The van der Waals surface area contributed by atoms with Crippen LogP contribution < -0.4 is 16.6 Å². The Balaban J connectivity index is 2.28. The van der Waals surface area contributed by atoms with Crippen LogP contribution in [0.4, 0.5) is 5.69 Å². The summed E-state index contributed by atoms with van der Waals surface area (Å²) >= 11 is 0. The third-order valence-electron chi connectivity index (χ3n) is 2.64. The average molecular weight is 265 g/mol. The first kappa shape index (κ1) is 15.5. The molecule has 0 aliphatic heterocycles. The van der Waals surface area contributed by atoms with E-state index >= 15 is 0 Å². The molecule has 1 rings (SSSR count). The van der Waals surface area contributed by atoms with E-state index in [1.807, 2.05) is 26.0 Å². The fourth-order valence-electron chi connectivity index (χ4n) is 1.65. The summed E-state index contributed by atoms with van der Waals surface area (Å²) in [5, 5.41) is 2.87. The van der Waals surface area contributed by atoms with Crippen molar-refractivity contribution in [2.45, 2.75) is 32.8 Å². The van der Waals surface area contributed by atoms with Crippen LogP contribution in [-0.4, -0.2) is 25.2 Å². The number of ether oxygens (including phenoxy) is 1. The zero-order valence-corrected chi connectivity index (χ0v) is 11.6. The highest BCUT2D eigenvalue weighted by atomic mass is 16.5. The maximum Gasteiger partial charge on any atom is 0.253 e. The highest BCUT2D eigenvalue weighted by molar-refractivity contribution is 5.99. The van der Waals surface area contributed by atoms with Gasteiger partial charge in [-0.05, 0) is 38.8 Å². The molecule has 1 aromatic rings. The third-order valence-corrected chi connectivity index (χ3v) is 2.64. The van der Waals surface area contributed by atoms with E-state index in [9.17, 15) is 4.79 Å². The minimum Gasteiger partial charge on any atom is -0.379 e. The Kier molecular flexibility index (Phi) is 6.92. The second-order valence-corrected chi connectivity index (χ2v) is 4.57. The molecule has 0 aromatic heterocycles. The lowest BCUT2D eigenvalue weighted by molar-refractivity contribution is 0.0754. The van der Waals surface area contributed by atoms with E-state index in [4.69, 9.17) is 10.6 Å². The van der Waals surface area contributed by atoms with Gasteiger partial charge in [0.25, 0.3) is 5.91 Å². The molecule has 0 saturated carbocycles. The van der Waals surface area contributed by atoms with Crippen molar-refractivity contribution in [1.29, 1.82) is 0 Å². The highest BCUT2D eigenvalue weighted by Gasteiger charge is 2.08. The third kappa shape index (κ3) is 5.72. The number of hydrogen-bond acceptors (Lipinski definition) is 4. The standard InChI is InChI=1S/C14H23N3O2/c1-11(2)19-10-6-5-9-16-14(18)12-7-3-4-8-13(12)17-15/h3-4,7-8,11,17H,5-6,9-10,15H2,1-2H3,(H,16,18). The summed E-state index contributed by atoms with van der Waals surface area (Å²) in [6.45, 7) is 5.39. The predicted octanol–water partition coefficient (Wildman–Crippen LogP) is 1.91. The number of carbonyl (C=O) groups is 1. The molecule has 0 spiro atoms. The highest BCUT2D eigenvalue weighted by Crippen LogP contribution is 2.12. The second kappa shape index (κ2) is 8.50. The van der Waals surface area contributed by atoms with Gasteiger partial charge in [0.1, 0.15) is 0 Å². The van der Waals surface area contributed by atoms with E-state index in [-0.39, 0.29) is 12.0 Å². The summed E-state index contributed by atoms with van der Waals surface area (Å²) in [6, 6.07) is 7.15. The first-order valence-electron chi connectivity index (χ1n) is 6.60. The number of nitrogen functional groups attached to an aromatic ring is 1. The van der Waals surface area contributed by atoms with Crippen LogP contribution in [0.15, 0.2) is 24.3 Å². The quantitative estimate of drug-likeness (QED) is 0.381. The monoisotopic (exact) mass is 265 g/mol. The molecule has 5 nitrogen and oxygen atoms in total. The van der Waals surface area contributed by atoms with Crippen molar-refractivity contribution < 1.29 is 9.53 Å². The lowest BCUT2D eigenvalue weighted by Crippen LogP contribution is -2.26. The molecule has 0 heterocycles. The Bertz CT molecular complexity index is 394. The minimum absolute atomic E-state index is 0.113. The molecule has 1 amide bonds. The summed E-state index contributed by atoms with van der Waals surface area (Å²) in [5.74, 6) is 5.25. The van der Waals surface area contributed by atoms with Crippen LogP contribution in [0.5, 0.6) is 0 Å². The molecule has 5 heteroatoms. The number of anilines is 1. The first-order valence-corrected chi connectivity index (χ1v) is 6.60. The lowest BCUT2D eigenvalue weighted by Gasteiger charge is -2.10. The number of nitrogens with two attached hydrogens (primary N) is 1. The number of carbonyl (C=O) groups excluding carboxylic acids is 1. The van der Waals surface area contributed by atoms with E-state index < -0.39 is 0 Å². The van der Waals surface area contributed by atoms with Gasteiger partial charge in [0.2, 0.25) is 0 Å². The van der Waals surface area contributed by atoms with Gasteiger partial charge in [-0.15, -0.1) is 0 Å². The topological polar surface area (TPSA) is 76.4 Å². The Hall–Kier alpha value is -1.59. The number of para-hydroxylation sites is 1. The van der Waals surface area contributed by atoms with Gasteiger partial charge >= 0.3 is 0 Å². The second-order valence-electron chi connectivity index (χ2n) is 4.57. The Labute approximate surface area is 114 Å². The summed E-state index contributed by atoms with van der Waals surface area (Å²) in [4.78, 5) is 11.9. The number of rotatable bonds is 8. The van der Waals surface area contributed by atoms with Crippen molar-refractivity contribution in [2.24, 2.45) is 5.84 Å². The van der Waals surface area contributed by atoms with Crippen LogP contribution in [0.1, 0.15) is 37.0 Å². The van der Waals surface area contributed by atoms with Gasteiger partial charge in [-0.3, -0.25) is 10.6 Å². The van der Waals surface area contributed by atoms with Gasteiger partial charge in [-0.2, -0.15) is 0 Å². The molecule has 0 radical (unpaired) electrons. The molecule has 0 unspecified atom stereocenters. The van der Waals surface area contributed by atoms with Gasteiger partial charge in [0, 0.05) is 13.2 Å². The van der Waals surface area contributed by atoms with Gasteiger partial charge in [0.05, 0.1) is 17.4 Å². The summed E-state index contributed by atoms with van der Waals surface area (Å²) in [6.07, 6.45) is 2.10. The van der Waals surface area contributed by atoms with E-state index in [2.05, 4.69) is 10.7 Å². The Morgan fingerprint density at radius 1 is 1.32 bits per heavy atom. The van der Waals surface area contributed by atoms with Crippen molar-refractivity contribution in [3.8, 4) is 0 Å². The smallest absolute Gasteiger partial charge is 0.253 e. The van der Waals surface area contributed by atoms with E-state index in [1.54, 1.807) is 12.1 Å². The van der Waals surface area contributed by atoms with E-state index in [1.165, 1.54) is 0 Å². The van der Waals surface area contributed by atoms with Crippen LogP contribution >= 0.6 is 0 Å². The van der Waals surface area contributed by atoms with Gasteiger partial charge in [-0.25, -0.2) is 0 Å². The van der Waals surface area contributed by atoms with Crippen molar-refractivity contribution in [2.75, 3.05) is 18.6 Å². The van der Waals surface area contributed by atoms with Crippen molar-refractivity contribution >= 4 is 11.6 Å². The Morgan fingerprint density at radius 2 is 2.05 bits per heavy atom. The van der Waals surface area contributed by atoms with Gasteiger partial charge < -0.3 is 15.5 Å². The molecule has 0 aliphatic rings. The van der Waals surface area contributed by atoms with Crippen molar-refractivity contribution in [3.63, 3.8) is 0 Å². The van der Waals surface area contributed by atoms with Crippen LogP contribution in [0.3, 0.4) is 0 Å². The van der Waals surface area contributed by atoms with Crippen LogP contribution in [-0.2, 0) is 4.74 Å². The largest absolute Gasteiger partial charge is 0.379 e. The summed E-state index contributed by atoms with van der Waals surface area (Å²) in [5.41, 5.74) is 3.71. The molecule has 106 valence electrons. The maximum absolute atomic E-state index is 11.9. The fourth-order valence-corrected chi connectivity index (χ4v) is 1.65. The molecule has 0 saturated heterocycles. The minimum atomic E-state index is -0.113. The van der Waals surface area contributed by atoms with E-state index in [0.717, 1.165) is 19.4 Å². The average Bonchev–Trinajstić information content (AvgIpc) is 2.42. The number of benzene rings is 1. The van der Waals surface area contributed by atoms with E-state index in [0.29, 0.717) is 17.8 Å². The number of nitrogens with one attached hydrogen (secondary N) is 2. The molecular formula is C14H23N3O2. The first-order chi connectivity index (χ1) is 9.15. The Morgan fingerprint density at radius 3 is 2.74 bits per heavy atom. The maximum atomic E-state index is 11.9. The molecule has 0 atom stereocenters. The van der Waals surface area contributed by atoms with Crippen LogP contribution in [0, 0.1) is 0 Å². The van der Waals surface area contributed by atoms with Crippen LogP contribution in [0.25, 0.3) is 0 Å². The van der Waals surface area contributed by atoms with Gasteiger partial charge in [0.15, 0.2) is 0 Å². The number of unbranched alkanes of at least 4 members (excludes halogenated alkanes) is 1. The molecule has 1 aromatic carbocycles. The van der Waals surface area contributed by atoms with Crippen molar-refractivity contribution in [1.82, 2.24) is 5.32 Å². The summed E-state index contributed by atoms with van der Waals surface area (Å²) in [7, 11) is 0. The van der Waals surface area contributed by atoms with Gasteiger partial charge in [-0.1, -0.05) is 12.1 Å². The number of hydrazine groups is 1. The molecular weight excluding hydrogens is 242 g/mol. The van der Waals surface area contributed by atoms with Crippen molar-refractivity contribution in [3.05, 3.63) is 29.8 Å². The normalized spacial score (nSPS) is 10.5. The zero-order valence-electron chi connectivity index (χ0n) is 11.6. The van der Waals surface area contributed by atoms with Crippen LogP contribution in [0.2, 0.25) is 0 Å². The number of hydrogen-bond donors (Lipinski definition) is 3. The number of amides is 1. The molecule has 0 fully saturated rings. The predicted molar refractivity (Wildman–Crippen MR) is 76.9 cm³/mol. The lowest BCUT2D eigenvalue weighted by atomic mass is 10.1. The fraction of sp³-hybridized carbons (Fsp3) is 0.500. The SMILES string of the molecule is CC(C)OCCCCNC(=O)c1ccccc1NN. The zero-order chi connectivity index (χ0) is 14.1.